The molecule has 0 unspecified atom stereocenters. The highest BCUT2D eigenvalue weighted by atomic mass is 32.2. The number of aromatic nitrogens is 1. The average Bonchev–Trinajstić information content (AvgIpc) is 2.81. The zero-order valence-corrected chi connectivity index (χ0v) is 13.6. The third kappa shape index (κ3) is 3.64. The fourth-order valence-corrected chi connectivity index (χ4v) is 3.10. The Morgan fingerprint density at radius 2 is 1.79 bits per heavy atom. The molecule has 0 bridgehead atoms. The van der Waals surface area contributed by atoms with Gasteiger partial charge in [-0.2, -0.15) is 13.2 Å². The quantitative estimate of drug-likeness (QED) is 0.628. The Kier molecular flexibility index (Phi) is 5.08. The molecule has 0 aliphatic rings. The number of halogens is 3. The van der Waals surface area contributed by atoms with Crippen LogP contribution in [0.15, 0.2) is 29.2 Å². The predicted molar refractivity (Wildman–Crippen MR) is 83.5 cm³/mol. The van der Waals surface area contributed by atoms with Gasteiger partial charge >= 0.3 is 12.1 Å². The molecule has 2 N–H and O–H groups in total. The number of hydrogen-bond acceptors (Lipinski definition) is 3. The van der Waals surface area contributed by atoms with Gasteiger partial charge in [0.2, 0.25) is 5.78 Å². The van der Waals surface area contributed by atoms with Crippen molar-refractivity contribution >= 4 is 23.5 Å². The molecule has 1 aromatic carbocycles. The molecular weight excluding hydrogens is 343 g/mol. The van der Waals surface area contributed by atoms with Crippen molar-refractivity contribution in [1.82, 2.24) is 4.98 Å². The summed E-state index contributed by atoms with van der Waals surface area (Å²) in [6.45, 7) is 1.70. The molecule has 128 valence electrons. The fraction of sp³-hybridized carbons (Fsp3) is 0.250. The Morgan fingerprint density at radius 1 is 1.21 bits per heavy atom. The minimum atomic E-state index is -4.47. The van der Waals surface area contributed by atoms with Crippen LogP contribution >= 0.6 is 11.8 Å². The average molecular weight is 357 g/mol. The van der Waals surface area contributed by atoms with Gasteiger partial charge in [-0.3, -0.25) is 9.59 Å². The van der Waals surface area contributed by atoms with E-state index >= 15 is 0 Å². The number of carbonyl (C=O) groups excluding carboxylic acids is 1. The van der Waals surface area contributed by atoms with Gasteiger partial charge in [-0.1, -0.05) is 12.1 Å². The lowest BCUT2D eigenvalue weighted by Crippen LogP contribution is -2.07. The standard InChI is InChI=1S/C16H14F3NO3S/c1-8-11(7-12(21)22)20-13(15(8)24-2)14(23)9-3-5-10(6-4-9)16(17,18)19/h3-6,20H,7H2,1-2H3,(H,21,22). The van der Waals surface area contributed by atoms with Gasteiger partial charge in [0.1, 0.15) is 5.69 Å². The van der Waals surface area contributed by atoms with Crippen molar-refractivity contribution in [2.24, 2.45) is 0 Å². The number of ketones is 1. The van der Waals surface area contributed by atoms with Crippen molar-refractivity contribution in [3.05, 3.63) is 52.3 Å². The van der Waals surface area contributed by atoms with Crippen molar-refractivity contribution in [2.45, 2.75) is 24.4 Å². The lowest BCUT2D eigenvalue weighted by atomic mass is 10.1. The van der Waals surface area contributed by atoms with Crippen molar-refractivity contribution in [3.8, 4) is 0 Å². The van der Waals surface area contributed by atoms with Crippen LogP contribution in [-0.4, -0.2) is 28.1 Å². The number of carbonyl (C=O) groups is 2. The Bertz CT molecular complexity index is 779. The summed E-state index contributed by atoms with van der Waals surface area (Å²) in [7, 11) is 0. The maximum atomic E-state index is 12.6. The van der Waals surface area contributed by atoms with Gasteiger partial charge in [0.05, 0.1) is 12.0 Å². The van der Waals surface area contributed by atoms with Gasteiger partial charge in [0.15, 0.2) is 0 Å². The highest BCUT2D eigenvalue weighted by Crippen LogP contribution is 2.31. The second kappa shape index (κ2) is 6.72. The van der Waals surface area contributed by atoms with Gasteiger partial charge in [-0.15, -0.1) is 11.8 Å². The zero-order chi connectivity index (χ0) is 18.1. The van der Waals surface area contributed by atoms with Crippen LogP contribution in [0.2, 0.25) is 0 Å². The van der Waals surface area contributed by atoms with Crippen LogP contribution in [0.3, 0.4) is 0 Å². The van der Waals surface area contributed by atoms with Gasteiger partial charge in [-0.05, 0) is 30.9 Å². The number of carboxylic acid groups (broad SMARTS) is 1. The predicted octanol–water partition coefficient (Wildman–Crippen LogP) is 3.92. The van der Waals surface area contributed by atoms with Crippen molar-refractivity contribution in [1.29, 1.82) is 0 Å². The van der Waals surface area contributed by atoms with Crippen LogP contribution in [0.1, 0.15) is 32.9 Å². The summed E-state index contributed by atoms with van der Waals surface area (Å²) in [5.41, 5.74) is 0.512. The van der Waals surface area contributed by atoms with Crippen molar-refractivity contribution in [3.63, 3.8) is 0 Å². The molecule has 2 aromatic rings. The molecule has 0 saturated heterocycles. The molecule has 0 amide bonds. The minimum Gasteiger partial charge on any atom is -0.481 e. The molecule has 0 aliphatic heterocycles. The third-order valence-electron chi connectivity index (χ3n) is 3.53. The molecule has 1 aromatic heterocycles. The van der Waals surface area contributed by atoms with Crippen LogP contribution < -0.4 is 0 Å². The first-order valence-corrected chi connectivity index (χ1v) is 8.06. The van der Waals surface area contributed by atoms with E-state index in [1.54, 1.807) is 13.2 Å². The first-order valence-electron chi connectivity index (χ1n) is 6.84. The molecule has 0 aliphatic carbocycles. The molecule has 0 spiro atoms. The first kappa shape index (κ1) is 18.1. The van der Waals surface area contributed by atoms with Crippen molar-refractivity contribution < 1.29 is 27.9 Å². The number of thioether (sulfide) groups is 1. The van der Waals surface area contributed by atoms with Crippen LogP contribution in [0, 0.1) is 6.92 Å². The van der Waals surface area contributed by atoms with Crippen LogP contribution in [0.5, 0.6) is 0 Å². The summed E-state index contributed by atoms with van der Waals surface area (Å²) >= 11 is 1.28. The number of nitrogens with one attached hydrogen (secondary N) is 1. The van der Waals surface area contributed by atoms with Crippen LogP contribution in [-0.2, 0) is 17.4 Å². The summed E-state index contributed by atoms with van der Waals surface area (Å²) in [6, 6.07) is 3.92. The molecule has 0 fully saturated rings. The minimum absolute atomic E-state index is 0.0985. The molecular formula is C16H14F3NO3S. The molecule has 0 atom stereocenters. The summed E-state index contributed by atoms with van der Waals surface area (Å²) in [5.74, 6) is -1.52. The van der Waals surface area contributed by atoms with E-state index in [0.29, 0.717) is 16.2 Å². The molecule has 2 rings (SSSR count). The van der Waals surface area contributed by atoms with Gasteiger partial charge < -0.3 is 10.1 Å². The monoisotopic (exact) mass is 357 g/mol. The zero-order valence-electron chi connectivity index (χ0n) is 12.8. The van der Waals surface area contributed by atoms with E-state index in [0.717, 1.165) is 24.3 Å². The number of H-pyrrole nitrogens is 1. The van der Waals surface area contributed by atoms with Crippen LogP contribution in [0.25, 0.3) is 0 Å². The Hall–Kier alpha value is -2.22. The first-order chi connectivity index (χ1) is 11.1. The number of hydrogen-bond donors (Lipinski definition) is 2. The molecule has 0 saturated carbocycles. The number of aliphatic carboxylic acids is 1. The van der Waals surface area contributed by atoms with Gasteiger partial charge in [0, 0.05) is 16.2 Å². The summed E-state index contributed by atoms with van der Waals surface area (Å²) < 4.78 is 37.8. The molecule has 8 heteroatoms. The molecule has 1 heterocycles. The van der Waals surface area contributed by atoms with E-state index in [2.05, 4.69) is 4.98 Å². The maximum absolute atomic E-state index is 12.6. The highest BCUT2D eigenvalue weighted by molar-refractivity contribution is 7.98. The van der Waals surface area contributed by atoms with Gasteiger partial charge in [-0.25, -0.2) is 0 Å². The van der Waals surface area contributed by atoms with Gasteiger partial charge in [0.25, 0.3) is 0 Å². The number of carboxylic acids is 1. The Balaban J connectivity index is 2.40. The smallest absolute Gasteiger partial charge is 0.416 e. The van der Waals surface area contributed by atoms with E-state index in [-0.39, 0.29) is 17.7 Å². The lowest BCUT2D eigenvalue weighted by Gasteiger charge is -2.07. The molecule has 4 nitrogen and oxygen atoms in total. The Morgan fingerprint density at radius 3 is 2.25 bits per heavy atom. The van der Waals surface area contributed by atoms with E-state index < -0.39 is 23.5 Å². The van der Waals surface area contributed by atoms with Crippen LogP contribution in [0.4, 0.5) is 13.2 Å². The lowest BCUT2D eigenvalue weighted by molar-refractivity contribution is -0.138. The third-order valence-corrected chi connectivity index (χ3v) is 4.45. The summed E-state index contributed by atoms with van der Waals surface area (Å²) in [4.78, 5) is 26.8. The van der Waals surface area contributed by atoms with E-state index in [1.165, 1.54) is 11.8 Å². The summed E-state index contributed by atoms with van der Waals surface area (Å²) in [5, 5.41) is 8.91. The molecule has 0 radical (unpaired) electrons. The normalized spacial score (nSPS) is 11.5. The molecule has 24 heavy (non-hydrogen) atoms. The van der Waals surface area contributed by atoms with Crippen molar-refractivity contribution in [2.75, 3.05) is 6.26 Å². The maximum Gasteiger partial charge on any atom is 0.416 e. The van der Waals surface area contributed by atoms with E-state index in [1.807, 2.05) is 0 Å². The topological polar surface area (TPSA) is 70.2 Å². The highest BCUT2D eigenvalue weighted by Gasteiger charge is 2.30. The fourth-order valence-electron chi connectivity index (χ4n) is 2.32. The SMILES string of the molecule is CSc1c(C(=O)c2ccc(C(F)(F)F)cc2)[nH]c(CC(=O)O)c1C. The number of alkyl halides is 3. The van der Waals surface area contributed by atoms with E-state index in [4.69, 9.17) is 5.11 Å². The summed E-state index contributed by atoms with van der Waals surface area (Å²) in [6.07, 6.45) is -2.99. The second-order valence-corrected chi connectivity index (χ2v) is 5.93. The Labute approximate surface area is 140 Å². The van der Waals surface area contributed by atoms with E-state index in [9.17, 15) is 22.8 Å². The second-order valence-electron chi connectivity index (χ2n) is 5.11. The number of rotatable bonds is 5. The number of benzene rings is 1. The largest absolute Gasteiger partial charge is 0.481 e. The number of aromatic amines is 1.